The van der Waals surface area contributed by atoms with Crippen LogP contribution in [0, 0.1) is 21.4 Å². The third-order valence-corrected chi connectivity index (χ3v) is 5.55. The Morgan fingerprint density at radius 2 is 2.00 bits per heavy atom. The summed E-state index contributed by atoms with van der Waals surface area (Å²) in [7, 11) is 0. The van der Waals surface area contributed by atoms with Crippen LogP contribution in [0.25, 0.3) is 11.3 Å². The molecule has 0 saturated heterocycles. The second-order valence-corrected chi connectivity index (χ2v) is 8.83. The standard InChI is InChI=1S/C23H21N3O4S/c1-23(2,3)18-9-4-5-10-21(18)30-13-20(27)17(12-24)22-25-19(14-31-22)15-7-6-8-16(11-15)26(28)29/h4-11,14,17H,13H2,1-3H3. The second kappa shape index (κ2) is 9.06. The molecule has 0 aliphatic carbocycles. The number of carbonyl (C=O) groups is 1. The summed E-state index contributed by atoms with van der Waals surface area (Å²) < 4.78 is 5.76. The zero-order valence-corrected chi connectivity index (χ0v) is 18.2. The molecule has 0 bridgehead atoms. The van der Waals surface area contributed by atoms with Crippen LogP contribution in [-0.2, 0) is 10.2 Å². The number of nitrogens with zero attached hydrogens (tertiary/aromatic N) is 3. The van der Waals surface area contributed by atoms with Crippen LogP contribution >= 0.6 is 11.3 Å². The number of aromatic nitrogens is 1. The molecule has 0 saturated carbocycles. The van der Waals surface area contributed by atoms with Gasteiger partial charge in [0.2, 0.25) is 0 Å². The molecule has 3 aromatic rings. The lowest BCUT2D eigenvalue weighted by Crippen LogP contribution is -2.21. The van der Waals surface area contributed by atoms with Gasteiger partial charge in [-0.2, -0.15) is 5.26 Å². The number of rotatable bonds is 7. The first-order chi connectivity index (χ1) is 14.7. The summed E-state index contributed by atoms with van der Waals surface area (Å²) >= 11 is 1.17. The van der Waals surface area contributed by atoms with Gasteiger partial charge < -0.3 is 4.74 Å². The lowest BCUT2D eigenvalue weighted by atomic mass is 9.86. The van der Waals surface area contributed by atoms with Gasteiger partial charge in [0.25, 0.3) is 5.69 Å². The lowest BCUT2D eigenvalue weighted by Gasteiger charge is -2.22. The molecule has 0 amide bonds. The van der Waals surface area contributed by atoms with E-state index in [1.807, 2.05) is 24.3 Å². The maximum atomic E-state index is 12.7. The molecule has 2 aromatic carbocycles. The maximum Gasteiger partial charge on any atom is 0.270 e. The minimum absolute atomic E-state index is 0.0501. The third-order valence-electron chi connectivity index (χ3n) is 4.64. The van der Waals surface area contributed by atoms with Crippen LogP contribution in [0.1, 0.15) is 37.3 Å². The zero-order chi connectivity index (χ0) is 22.6. The minimum Gasteiger partial charge on any atom is -0.485 e. The van der Waals surface area contributed by atoms with Gasteiger partial charge in [0.05, 0.1) is 16.7 Å². The van der Waals surface area contributed by atoms with Crippen LogP contribution in [0.4, 0.5) is 5.69 Å². The van der Waals surface area contributed by atoms with Crippen molar-refractivity contribution in [1.82, 2.24) is 4.98 Å². The highest BCUT2D eigenvalue weighted by Crippen LogP contribution is 2.32. The molecule has 0 radical (unpaired) electrons. The highest BCUT2D eigenvalue weighted by atomic mass is 32.1. The highest BCUT2D eigenvalue weighted by molar-refractivity contribution is 7.10. The number of hydrogen-bond acceptors (Lipinski definition) is 7. The smallest absolute Gasteiger partial charge is 0.270 e. The molecule has 0 aliphatic rings. The maximum absolute atomic E-state index is 12.7. The van der Waals surface area contributed by atoms with Gasteiger partial charge in [0, 0.05) is 23.1 Å². The van der Waals surface area contributed by atoms with Crippen molar-refractivity contribution in [2.24, 2.45) is 0 Å². The fraction of sp³-hybridized carbons (Fsp3) is 0.261. The van der Waals surface area contributed by atoms with Gasteiger partial charge in [-0.25, -0.2) is 4.98 Å². The van der Waals surface area contributed by atoms with Crippen molar-refractivity contribution in [3.8, 4) is 23.1 Å². The van der Waals surface area contributed by atoms with Crippen LogP contribution < -0.4 is 4.74 Å². The van der Waals surface area contributed by atoms with Crippen LogP contribution in [0.3, 0.4) is 0 Å². The van der Waals surface area contributed by atoms with Crippen molar-refractivity contribution in [3.05, 3.63) is 74.6 Å². The number of nitro benzene ring substituents is 1. The van der Waals surface area contributed by atoms with Crippen LogP contribution in [0.5, 0.6) is 5.75 Å². The Balaban J connectivity index is 1.77. The van der Waals surface area contributed by atoms with Crippen LogP contribution in [-0.4, -0.2) is 22.3 Å². The Bertz CT molecular complexity index is 1160. The Morgan fingerprint density at radius 3 is 2.68 bits per heavy atom. The number of ketones is 1. The predicted molar refractivity (Wildman–Crippen MR) is 118 cm³/mol. The molecule has 1 atom stereocenters. The van der Waals surface area contributed by atoms with Gasteiger partial charge in [-0.3, -0.25) is 14.9 Å². The van der Waals surface area contributed by atoms with E-state index in [-0.39, 0.29) is 17.7 Å². The van der Waals surface area contributed by atoms with E-state index in [1.54, 1.807) is 23.6 Å². The Kier molecular flexibility index (Phi) is 6.47. The molecule has 1 unspecified atom stereocenters. The Morgan fingerprint density at radius 1 is 1.26 bits per heavy atom. The first-order valence-electron chi connectivity index (χ1n) is 9.55. The largest absolute Gasteiger partial charge is 0.485 e. The van der Waals surface area contributed by atoms with Crippen LogP contribution in [0.15, 0.2) is 53.9 Å². The molecule has 8 heteroatoms. The first kappa shape index (κ1) is 22.1. The average Bonchev–Trinajstić information content (AvgIpc) is 3.22. The van der Waals surface area contributed by atoms with E-state index in [0.717, 1.165) is 5.56 Å². The summed E-state index contributed by atoms with van der Waals surface area (Å²) in [5.41, 5.74) is 1.80. The van der Waals surface area contributed by atoms with E-state index in [1.165, 1.54) is 23.5 Å². The minimum atomic E-state index is -1.07. The molecule has 31 heavy (non-hydrogen) atoms. The second-order valence-electron chi connectivity index (χ2n) is 7.94. The molecule has 158 valence electrons. The van der Waals surface area contributed by atoms with Crippen molar-refractivity contribution in [1.29, 1.82) is 5.26 Å². The van der Waals surface area contributed by atoms with Gasteiger partial charge in [-0.05, 0) is 17.0 Å². The normalized spacial score (nSPS) is 12.1. The topological polar surface area (TPSA) is 106 Å². The van der Waals surface area contributed by atoms with E-state index in [2.05, 4.69) is 25.8 Å². The number of benzene rings is 2. The number of para-hydroxylation sites is 1. The average molecular weight is 436 g/mol. The van der Waals surface area contributed by atoms with Crippen molar-refractivity contribution in [3.63, 3.8) is 0 Å². The lowest BCUT2D eigenvalue weighted by molar-refractivity contribution is -0.384. The molecule has 0 spiro atoms. The van der Waals surface area contributed by atoms with Gasteiger partial charge in [0.1, 0.15) is 17.4 Å². The molecular weight excluding hydrogens is 414 g/mol. The summed E-state index contributed by atoms with van der Waals surface area (Å²) in [5.74, 6) is -0.859. The van der Waals surface area contributed by atoms with Gasteiger partial charge in [-0.1, -0.05) is 51.1 Å². The number of non-ortho nitro benzene ring substituents is 1. The SMILES string of the molecule is CC(C)(C)c1ccccc1OCC(=O)C(C#N)c1nc(-c2cccc([N+](=O)[O-])c2)cs1. The third kappa shape index (κ3) is 5.13. The van der Waals surface area contributed by atoms with E-state index in [0.29, 0.717) is 22.0 Å². The van der Waals surface area contributed by atoms with Crippen molar-refractivity contribution < 1.29 is 14.5 Å². The number of nitriles is 1. The van der Waals surface area contributed by atoms with Gasteiger partial charge >= 0.3 is 0 Å². The highest BCUT2D eigenvalue weighted by Gasteiger charge is 2.26. The molecule has 0 N–H and O–H groups in total. The number of carbonyl (C=O) groups excluding carboxylic acids is 1. The molecule has 0 fully saturated rings. The number of ether oxygens (including phenoxy) is 1. The number of thiazole rings is 1. The van der Waals surface area contributed by atoms with Gasteiger partial charge in [0.15, 0.2) is 11.7 Å². The Labute approximate surface area is 184 Å². The molecular formula is C23H21N3O4S. The number of nitro groups is 1. The van der Waals surface area contributed by atoms with Crippen molar-refractivity contribution in [2.75, 3.05) is 6.61 Å². The van der Waals surface area contributed by atoms with E-state index in [4.69, 9.17) is 4.74 Å². The van der Waals surface area contributed by atoms with Gasteiger partial charge in [-0.15, -0.1) is 11.3 Å². The van der Waals surface area contributed by atoms with E-state index >= 15 is 0 Å². The molecule has 0 aliphatic heterocycles. The Hall–Kier alpha value is -3.57. The quantitative estimate of drug-likeness (QED) is 0.370. The van der Waals surface area contributed by atoms with E-state index in [9.17, 15) is 20.2 Å². The fourth-order valence-corrected chi connectivity index (χ4v) is 3.93. The summed E-state index contributed by atoms with van der Waals surface area (Å²) in [5, 5.41) is 22.6. The van der Waals surface area contributed by atoms with Crippen LogP contribution in [0.2, 0.25) is 0 Å². The molecule has 7 nitrogen and oxygen atoms in total. The van der Waals surface area contributed by atoms with E-state index < -0.39 is 16.6 Å². The number of Topliss-reactive ketones (excluding diaryl/α,β-unsaturated/α-hetero) is 1. The summed E-state index contributed by atoms with van der Waals surface area (Å²) in [4.78, 5) is 27.6. The first-order valence-corrected chi connectivity index (χ1v) is 10.4. The predicted octanol–water partition coefficient (Wildman–Crippen LogP) is 5.27. The monoisotopic (exact) mass is 435 g/mol. The molecule has 1 heterocycles. The summed E-state index contributed by atoms with van der Waals surface area (Å²) in [6.45, 7) is 5.91. The van der Waals surface area contributed by atoms with Crippen molar-refractivity contribution >= 4 is 22.8 Å². The molecule has 1 aromatic heterocycles. The summed E-state index contributed by atoms with van der Waals surface area (Å²) in [6, 6.07) is 15.6. The fourth-order valence-electron chi connectivity index (χ4n) is 3.04. The molecule has 3 rings (SSSR count). The number of hydrogen-bond donors (Lipinski definition) is 0. The van der Waals surface area contributed by atoms with Crippen molar-refractivity contribution in [2.45, 2.75) is 32.1 Å². The summed E-state index contributed by atoms with van der Waals surface area (Å²) in [6.07, 6.45) is 0. The zero-order valence-electron chi connectivity index (χ0n) is 17.4.